The molecule has 0 aromatic carbocycles. The molecule has 5 heteroatoms. The fourth-order valence-corrected chi connectivity index (χ4v) is 3.59. The first-order valence-electron chi connectivity index (χ1n) is 7.14. The standard InChI is InChI=1S/C15H22O5/c1-9(16)19-7-5-11-12(6-8-20-10(2)17)14-4-3-13(11)15(14)18/h3-4,11-15,18H,5-8H2,1-2H3/t11-,12-,13-,14+,15?/m1/s1. The van der Waals surface area contributed by atoms with Gasteiger partial charge in [-0.1, -0.05) is 12.2 Å². The first kappa shape index (κ1) is 15.0. The molecule has 0 aromatic rings. The number of ether oxygens (including phenoxy) is 2. The Morgan fingerprint density at radius 2 is 1.35 bits per heavy atom. The molecular formula is C15H22O5. The predicted molar refractivity (Wildman–Crippen MR) is 71.6 cm³/mol. The number of hydrogen-bond acceptors (Lipinski definition) is 5. The highest BCUT2D eigenvalue weighted by molar-refractivity contribution is 5.66. The first-order chi connectivity index (χ1) is 9.50. The minimum Gasteiger partial charge on any atom is -0.466 e. The van der Waals surface area contributed by atoms with E-state index in [1.807, 2.05) is 0 Å². The van der Waals surface area contributed by atoms with Gasteiger partial charge in [0.15, 0.2) is 0 Å². The monoisotopic (exact) mass is 282 g/mol. The summed E-state index contributed by atoms with van der Waals surface area (Å²) in [6.07, 6.45) is 5.27. The van der Waals surface area contributed by atoms with E-state index in [0.717, 1.165) is 12.8 Å². The van der Waals surface area contributed by atoms with E-state index in [0.29, 0.717) is 13.2 Å². The number of fused-ring (bicyclic) bond motifs is 2. The third-order valence-corrected chi connectivity index (χ3v) is 4.40. The molecule has 1 fully saturated rings. The Labute approximate surface area is 118 Å². The van der Waals surface area contributed by atoms with Crippen molar-refractivity contribution in [3.63, 3.8) is 0 Å². The third-order valence-electron chi connectivity index (χ3n) is 4.40. The summed E-state index contributed by atoms with van der Waals surface area (Å²) in [5.74, 6) is 0.294. The van der Waals surface area contributed by atoms with Crippen molar-refractivity contribution in [1.29, 1.82) is 0 Å². The first-order valence-corrected chi connectivity index (χ1v) is 7.14. The fraction of sp³-hybridized carbons (Fsp3) is 0.733. The van der Waals surface area contributed by atoms with E-state index in [-0.39, 0.29) is 41.7 Å². The third kappa shape index (κ3) is 3.20. The van der Waals surface area contributed by atoms with Crippen molar-refractivity contribution in [1.82, 2.24) is 0 Å². The summed E-state index contributed by atoms with van der Waals surface area (Å²) >= 11 is 0. The number of hydrogen-bond donors (Lipinski definition) is 1. The smallest absolute Gasteiger partial charge is 0.302 e. The molecule has 0 radical (unpaired) electrons. The Morgan fingerprint density at radius 3 is 1.70 bits per heavy atom. The topological polar surface area (TPSA) is 72.8 Å². The van der Waals surface area contributed by atoms with Gasteiger partial charge < -0.3 is 14.6 Å². The van der Waals surface area contributed by atoms with Gasteiger partial charge in [0.2, 0.25) is 0 Å². The number of aliphatic hydroxyl groups is 1. The average molecular weight is 282 g/mol. The van der Waals surface area contributed by atoms with Crippen LogP contribution in [0.2, 0.25) is 0 Å². The van der Waals surface area contributed by atoms with Crippen LogP contribution in [-0.2, 0) is 19.1 Å². The van der Waals surface area contributed by atoms with Crippen LogP contribution in [0.1, 0.15) is 26.7 Å². The Bertz CT molecular complexity index is 367. The van der Waals surface area contributed by atoms with Crippen LogP contribution in [0, 0.1) is 23.7 Å². The van der Waals surface area contributed by atoms with Crippen LogP contribution in [0.5, 0.6) is 0 Å². The molecule has 0 amide bonds. The van der Waals surface area contributed by atoms with Crippen molar-refractivity contribution in [2.45, 2.75) is 32.8 Å². The van der Waals surface area contributed by atoms with Gasteiger partial charge >= 0.3 is 11.9 Å². The normalized spacial score (nSPS) is 34.2. The van der Waals surface area contributed by atoms with Gasteiger partial charge in [0.1, 0.15) is 0 Å². The molecule has 0 aromatic heterocycles. The van der Waals surface area contributed by atoms with Crippen LogP contribution < -0.4 is 0 Å². The van der Waals surface area contributed by atoms with E-state index in [9.17, 15) is 14.7 Å². The van der Waals surface area contributed by atoms with E-state index in [1.165, 1.54) is 13.8 Å². The summed E-state index contributed by atoms with van der Waals surface area (Å²) < 4.78 is 10.0. The van der Waals surface area contributed by atoms with E-state index >= 15 is 0 Å². The summed E-state index contributed by atoms with van der Waals surface area (Å²) in [6, 6.07) is 0. The number of rotatable bonds is 6. The summed E-state index contributed by atoms with van der Waals surface area (Å²) in [6.45, 7) is 3.56. The molecule has 1 unspecified atom stereocenters. The van der Waals surface area contributed by atoms with E-state index in [1.54, 1.807) is 0 Å². The molecule has 20 heavy (non-hydrogen) atoms. The average Bonchev–Trinajstić information content (AvgIpc) is 2.83. The second kappa shape index (κ2) is 6.39. The van der Waals surface area contributed by atoms with Crippen LogP contribution in [0.3, 0.4) is 0 Å². The van der Waals surface area contributed by atoms with Crippen LogP contribution in [-0.4, -0.2) is 36.4 Å². The SMILES string of the molecule is CC(=O)OCC[C@@H]1[C@@H](CCOC(C)=O)[C@H]2C=C[C@@H]1C2O. The second-order valence-electron chi connectivity index (χ2n) is 5.62. The van der Waals surface area contributed by atoms with Crippen molar-refractivity contribution in [2.75, 3.05) is 13.2 Å². The quantitative estimate of drug-likeness (QED) is 0.587. The zero-order valence-electron chi connectivity index (χ0n) is 12.0. The number of carbonyl (C=O) groups excluding carboxylic acids is 2. The zero-order valence-corrected chi connectivity index (χ0v) is 12.0. The van der Waals surface area contributed by atoms with Crippen molar-refractivity contribution >= 4 is 11.9 Å². The van der Waals surface area contributed by atoms with Crippen molar-refractivity contribution in [3.05, 3.63) is 12.2 Å². The van der Waals surface area contributed by atoms with Gasteiger partial charge in [0.25, 0.3) is 0 Å². The maximum atomic E-state index is 10.8. The number of carbonyl (C=O) groups is 2. The maximum Gasteiger partial charge on any atom is 0.302 e. The van der Waals surface area contributed by atoms with E-state index in [4.69, 9.17) is 9.47 Å². The Morgan fingerprint density at radius 1 is 0.950 bits per heavy atom. The summed E-state index contributed by atoms with van der Waals surface area (Å²) in [5.41, 5.74) is 0. The lowest BCUT2D eigenvalue weighted by Gasteiger charge is -2.27. The lowest BCUT2D eigenvalue weighted by atomic mass is 9.79. The van der Waals surface area contributed by atoms with Gasteiger partial charge in [-0.25, -0.2) is 0 Å². The molecule has 2 rings (SSSR count). The molecule has 2 aliphatic rings. The van der Waals surface area contributed by atoms with Crippen LogP contribution in [0.15, 0.2) is 12.2 Å². The van der Waals surface area contributed by atoms with E-state index < -0.39 is 0 Å². The van der Waals surface area contributed by atoms with E-state index in [2.05, 4.69) is 12.2 Å². The number of esters is 2. The van der Waals surface area contributed by atoms with Gasteiger partial charge in [-0.05, 0) is 24.7 Å². The molecule has 2 bridgehead atoms. The largest absolute Gasteiger partial charge is 0.466 e. The molecule has 112 valence electrons. The maximum absolute atomic E-state index is 10.8. The minimum atomic E-state index is -0.348. The molecule has 5 atom stereocenters. The summed E-state index contributed by atoms with van der Waals surface area (Å²) in [4.78, 5) is 21.7. The Hall–Kier alpha value is -1.36. The van der Waals surface area contributed by atoms with Crippen LogP contribution in [0.25, 0.3) is 0 Å². The lowest BCUT2D eigenvalue weighted by molar-refractivity contribution is -0.143. The highest BCUT2D eigenvalue weighted by atomic mass is 16.5. The molecule has 1 N–H and O–H groups in total. The molecule has 2 aliphatic carbocycles. The number of aliphatic hydroxyl groups excluding tert-OH is 1. The van der Waals surface area contributed by atoms with Gasteiger partial charge in [-0.3, -0.25) is 9.59 Å². The molecule has 0 aliphatic heterocycles. The molecule has 1 saturated carbocycles. The van der Waals surface area contributed by atoms with Crippen molar-refractivity contribution < 1.29 is 24.2 Å². The van der Waals surface area contributed by atoms with Gasteiger partial charge in [0, 0.05) is 25.7 Å². The highest BCUT2D eigenvalue weighted by Crippen LogP contribution is 2.50. The summed E-state index contributed by atoms with van der Waals surface area (Å²) in [7, 11) is 0. The van der Waals surface area contributed by atoms with Crippen molar-refractivity contribution in [2.24, 2.45) is 23.7 Å². The van der Waals surface area contributed by atoms with Crippen LogP contribution in [0.4, 0.5) is 0 Å². The Kier molecular flexibility index (Phi) is 4.81. The second-order valence-corrected chi connectivity index (χ2v) is 5.62. The minimum absolute atomic E-state index is 0.137. The molecule has 0 spiro atoms. The predicted octanol–water partition coefficient (Wildman–Crippen LogP) is 1.30. The molecule has 5 nitrogen and oxygen atoms in total. The van der Waals surface area contributed by atoms with Crippen LogP contribution >= 0.6 is 0 Å². The van der Waals surface area contributed by atoms with Gasteiger partial charge in [-0.2, -0.15) is 0 Å². The molecule has 0 heterocycles. The molecular weight excluding hydrogens is 260 g/mol. The van der Waals surface area contributed by atoms with Gasteiger partial charge in [-0.15, -0.1) is 0 Å². The Balaban J connectivity index is 1.90. The molecule has 0 saturated heterocycles. The highest BCUT2D eigenvalue weighted by Gasteiger charge is 2.50. The zero-order chi connectivity index (χ0) is 14.7. The lowest BCUT2D eigenvalue weighted by Crippen LogP contribution is -2.23. The fourth-order valence-electron chi connectivity index (χ4n) is 3.59. The summed E-state index contributed by atoms with van der Waals surface area (Å²) in [5, 5.41) is 10.2. The van der Waals surface area contributed by atoms with Gasteiger partial charge in [0.05, 0.1) is 19.3 Å². The van der Waals surface area contributed by atoms with Crippen molar-refractivity contribution in [3.8, 4) is 0 Å².